The molecule has 5 aliphatic heterocycles. The molecule has 0 amide bonds. The first kappa shape index (κ1) is 39.9. The molecular weight excluding hydrogens is 763 g/mol. The molecule has 2 bridgehead atoms. The number of piperidine rings is 1. The molecule has 3 aromatic rings. The average molecular weight is 817 g/mol. The van der Waals surface area contributed by atoms with Gasteiger partial charge in [-0.15, -0.1) is 0 Å². The summed E-state index contributed by atoms with van der Waals surface area (Å²) in [6, 6.07) is 10.3. The van der Waals surface area contributed by atoms with Gasteiger partial charge in [-0.2, -0.15) is 0 Å². The second-order valence-electron chi connectivity index (χ2n) is 18.0. The van der Waals surface area contributed by atoms with Crippen molar-refractivity contribution in [2.24, 2.45) is 17.3 Å². The van der Waals surface area contributed by atoms with Crippen LogP contribution in [0.15, 0.2) is 48.6 Å². The summed E-state index contributed by atoms with van der Waals surface area (Å²) >= 11 is 0. The van der Waals surface area contributed by atoms with Crippen molar-refractivity contribution in [1.82, 2.24) is 14.8 Å². The van der Waals surface area contributed by atoms with Gasteiger partial charge in [0.05, 0.1) is 27.4 Å². The molecular formula is C45H54F2N4O8. The lowest BCUT2D eigenvalue weighted by Crippen LogP contribution is -2.81. The van der Waals surface area contributed by atoms with Gasteiger partial charge in [-0.3, -0.25) is 19.4 Å². The number of methoxy groups -OCH3 is 3. The fraction of sp³-hybridized carbons (Fsp3) is 0.578. The summed E-state index contributed by atoms with van der Waals surface area (Å²) in [5, 5.41) is 14.2. The SMILES string of the molecule is CCC12C=CCN3CC[C@@]4(c5cc([C@@]6(C(=O)OC)C[C@H]7C[C@@H](C(C)(F)F)CN(Cc8c6[nH]c6ccccc86)C7)c(OC)cc5N(C)C4[C@@](O)(C(=O)OC)[C@@H]1OC(C)=O)[C@@H]32. The molecule has 10 atom stereocenters. The Kier molecular flexibility index (Phi) is 9.12. The molecule has 316 valence electrons. The molecule has 6 aliphatic rings. The number of anilines is 1. The Balaban J connectivity index is 1.35. The monoisotopic (exact) mass is 816 g/mol. The Morgan fingerprint density at radius 1 is 1.03 bits per heavy atom. The number of carbonyl (C=O) groups is 3. The molecule has 12 nitrogen and oxygen atoms in total. The van der Waals surface area contributed by atoms with Gasteiger partial charge in [0, 0.05) is 96.9 Å². The van der Waals surface area contributed by atoms with Crippen molar-refractivity contribution in [1.29, 1.82) is 0 Å². The van der Waals surface area contributed by atoms with E-state index in [1.165, 1.54) is 28.3 Å². The first-order valence-corrected chi connectivity index (χ1v) is 20.7. The van der Waals surface area contributed by atoms with Gasteiger partial charge in [-0.05, 0) is 68.3 Å². The van der Waals surface area contributed by atoms with E-state index in [0.717, 1.165) is 29.0 Å². The molecule has 14 heteroatoms. The van der Waals surface area contributed by atoms with E-state index in [1.54, 1.807) is 0 Å². The highest BCUT2D eigenvalue weighted by Gasteiger charge is 2.80. The Morgan fingerprint density at radius 2 is 1.78 bits per heavy atom. The Morgan fingerprint density at radius 3 is 2.46 bits per heavy atom. The van der Waals surface area contributed by atoms with Crippen LogP contribution in [0.25, 0.3) is 10.9 Å². The summed E-state index contributed by atoms with van der Waals surface area (Å²) in [6.07, 6.45) is 4.04. The van der Waals surface area contributed by atoms with Crippen LogP contribution in [0.2, 0.25) is 0 Å². The predicted molar refractivity (Wildman–Crippen MR) is 214 cm³/mol. The Labute approximate surface area is 342 Å². The van der Waals surface area contributed by atoms with Crippen LogP contribution < -0.4 is 9.64 Å². The number of H-pyrrole nitrogens is 1. The number of para-hydroxylation sites is 1. The summed E-state index contributed by atoms with van der Waals surface area (Å²) in [5.41, 5.74) is -1.64. The zero-order valence-corrected chi connectivity index (χ0v) is 34.8. The third-order valence-corrected chi connectivity index (χ3v) is 15.3. The normalized spacial score (nSPS) is 35.8. The van der Waals surface area contributed by atoms with Gasteiger partial charge in [0.25, 0.3) is 0 Å². The largest absolute Gasteiger partial charge is 0.496 e. The number of rotatable bonds is 7. The number of aromatic amines is 1. The molecule has 59 heavy (non-hydrogen) atoms. The maximum Gasteiger partial charge on any atom is 0.344 e. The van der Waals surface area contributed by atoms with Gasteiger partial charge >= 0.3 is 17.9 Å². The summed E-state index contributed by atoms with van der Waals surface area (Å²) in [5.74, 6) is -5.92. The molecule has 1 aliphatic carbocycles. The van der Waals surface area contributed by atoms with Crippen molar-refractivity contribution in [3.8, 4) is 5.75 Å². The van der Waals surface area contributed by atoms with Gasteiger partial charge in [-0.1, -0.05) is 37.3 Å². The molecule has 6 heterocycles. The number of nitrogens with one attached hydrogen (secondary N) is 1. The lowest BCUT2D eigenvalue weighted by Gasteiger charge is -2.63. The van der Waals surface area contributed by atoms with E-state index in [-0.39, 0.29) is 31.3 Å². The first-order chi connectivity index (χ1) is 28.1. The Hall–Kier alpha value is -4.53. The number of hydrogen-bond acceptors (Lipinski definition) is 11. The van der Waals surface area contributed by atoms with Crippen LogP contribution in [0.3, 0.4) is 0 Å². The van der Waals surface area contributed by atoms with Crippen molar-refractivity contribution < 1.29 is 47.2 Å². The standard InChI is InChI=1S/C45H54F2N4O8/c1-8-42-14-11-16-51-17-15-43(36(42)51)30-19-31(34(56-5)20-33(30)49(4)37(43)45(55,40(54)58-7)38(42)59-25(2)52)44(39(53)57-6)21-26-18-27(41(3,46)47)23-50(22-26)24-29-28-12-9-10-13-32(28)48-35(29)44/h9-14,19-20,26-27,36-38,48,55H,8,15-18,21-24H2,1-7H3/t26-,27-,36+,37?,38-,42?,43-,44+,45+/m1/s1. The number of benzene rings is 2. The number of esters is 3. The second-order valence-corrected chi connectivity index (χ2v) is 18.0. The van der Waals surface area contributed by atoms with Crippen LogP contribution in [-0.2, 0) is 46.0 Å². The fourth-order valence-corrected chi connectivity index (χ4v) is 13.2. The number of likely N-dealkylation sites (N-methyl/N-ethyl adjacent to an activating group) is 1. The summed E-state index contributed by atoms with van der Waals surface area (Å²) in [6.45, 7) is 6.55. The number of halogens is 2. The highest BCUT2D eigenvalue weighted by Crippen LogP contribution is 2.68. The molecule has 2 N–H and O–H groups in total. The lowest BCUT2D eigenvalue weighted by atomic mass is 9.47. The predicted octanol–water partition coefficient (Wildman–Crippen LogP) is 5.08. The number of ether oxygens (including phenoxy) is 4. The molecule has 3 fully saturated rings. The van der Waals surface area contributed by atoms with E-state index in [4.69, 9.17) is 18.9 Å². The number of fused-ring (bicyclic) bond motifs is 6. The minimum Gasteiger partial charge on any atom is -0.496 e. The van der Waals surface area contributed by atoms with E-state index in [2.05, 4.69) is 14.8 Å². The van der Waals surface area contributed by atoms with Crippen molar-refractivity contribution in [3.63, 3.8) is 0 Å². The van der Waals surface area contributed by atoms with Crippen molar-refractivity contribution in [2.45, 2.75) is 93.5 Å². The smallest absolute Gasteiger partial charge is 0.344 e. The summed E-state index contributed by atoms with van der Waals surface area (Å²) < 4.78 is 54.3. The molecule has 1 spiro atoms. The molecule has 2 aromatic carbocycles. The van der Waals surface area contributed by atoms with E-state index in [0.29, 0.717) is 61.7 Å². The topological polar surface area (TPSA) is 134 Å². The molecule has 1 saturated carbocycles. The van der Waals surface area contributed by atoms with Gasteiger partial charge in [0.1, 0.15) is 11.2 Å². The maximum atomic E-state index is 15.3. The van der Waals surface area contributed by atoms with Gasteiger partial charge in [-0.25, -0.2) is 13.6 Å². The second kappa shape index (κ2) is 13.5. The first-order valence-electron chi connectivity index (χ1n) is 20.7. The van der Waals surface area contributed by atoms with Gasteiger partial charge in [0.15, 0.2) is 6.10 Å². The van der Waals surface area contributed by atoms with Crippen LogP contribution >= 0.6 is 0 Å². The maximum absolute atomic E-state index is 15.3. The number of aromatic nitrogens is 1. The molecule has 1 aromatic heterocycles. The quantitative estimate of drug-likeness (QED) is 0.188. The van der Waals surface area contributed by atoms with E-state index < -0.39 is 63.7 Å². The van der Waals surface area contributed by atoms with Crippen LogP contribution in [0, 0.1) is 17.3 Å². The summed E-state index contributed by atoms with van der Waals surface area (Å²) in [7, 11) is 5.94. The number of carbonyl (C=O) groups excluding carboxylic acids is 3. The van der Waals surface area contributed by atoms with Crippen LogP contribution in [0.1, 0.15) is 68.8 Å². The van der Waals surface area contributed by atoms with E-state index in [9.17, 15) is 14.7 Å². The molecule has 3 unspecified atom stereocenters. The number of alkyl halides is 2. The van der Waals surface area contributed by atoms with Gasteiger partial charge < -0.3 is 33.9 Å². The number of hydrogen-bond donors (Lipinski definition) is 2. The summed E-state index contributed by atoms with van der Waals surface area (Å²) in [4.78, 5) is 52.5. The zero-order chi connectivity index (χ0) is 42.0. The van der Waals surface area contributed by atoms with Crippen LogP contribution in [0.5, 0.6) is 5.75 Å². The minimum absolute atomic E-state index is 0.155. The minimum atomic E-state index is -2.94. The van der Waals surface area contributed by atoms with E-state index >= 15 is 13.6 Å². The molecule has 0 radical (unpaired) electrons. The third-order valence-electron chi connectivity index (χ3n) is 15.3. The van der Waals surface area contributed by atoms with Crippen LogP contribution in [-0.4, -0.2) is 122 Å². The highest BCUT2D eigenvalue weighted by atomic mass is 19.3. The Bertz CT molecular complexity index is 2270. The number of aliphatic hydroxyl groups is 1. The van der Waals surface area contributed by atoms with E-state index in [1.807, 2.05) is 67.4 Å². The lowest BCUT2D eigenvalue weighted by molar-refractivity contribution is -0.228. The van der Waals surface area contributed by atoms with Crippen molar-refractivity contribution in [2.75, 3.05) is 59.5 Å². The zero-order valence-electron chi connectivity index (χ0n) is 34.8. The third kappa shape index (κ3) is 5.17. The molecule has 9 rings (SSSR count). The fourth-order valence-electron chi connectivity index (χ4n) is 13.2. The van der Waals surface area contributed by atoms with Crippen molar-refractivity contribution >= 4 is 34.5 Å². The van der Waals surface area contributed by atoms with Crippen LogP contribution in [0.4, 0.5) is 14.5 Å². The number of nitrogens with zero attached hydrogens (tertiary/aromatic N) is 3. The highest BCUT2D eigenvalue weighted by molar-refractivity contribution is 5.95. The van der Waals surface area contributed by atoms with Gasteiger partial charge in [0.2, 0.25) is 11.5 Å². The van der Waals surface area contributed by atoms with Crippen molar-refractivity contribution in [3.05, 3.63) is 70.9 Å². The molecule has 2 saturated heterocycles. The average Bonchev–Trinajstić information content (AvgIpc) is 3.86.